The van der Waals surface area contributed by atoms with Crippen molar-refractivity contribution in [3.8, 4) is 6.07 Å². The first kappa shape index (κ1) is 12.5. The van der Waals surface area contributed by atoms with Gasteiger partial charge in [-0.2, -0.15) is 5.26 Å². The number of nitrogens with zero attached hydrogens (tertiary/aromatic N) is 2. The smallest absolute Gasteiger partial charge is 0.126 e. The highest BCUT2D eigenvalue weighted by Gasteiger charge is 2.01. The quantitative estimate of drug-likeness (QED) is 0.920. The van der Waals surface area contributed by atoms with Crippen LogP contribution in [0.2, 0.25) is 0 Å². The van der Waals surface area contributed by atoms with Gasteiger partial charge in [0.2, 0.25) is 0 Å². The average Bonchev–Trinajstić information content (AvgIpc) is 2.74. The molecule has 0 fully saturated rings. The first-order chi connectivity index (χ1) is 8.67. The van der Waals surface area contributed by atoms with Gasteiger partial charge in [-0.15, -0.1) is 11.3 Å². The third-order valence-corrected chi connectivity index (χ3v) is 3.39. The molecular weight excluding hydrogens is 249 g/mol. The van der Waals surface area contributed by atoms with Crippen LogP contribution < -0.4 is 5.32 Å². The lowest BCUT2D eigenvalue weighted by Crippen LogP contribution is -2.05. The van der Waals surface area contributed by atoms with Crippen molar-refractivity contribution in [1.82, 2.24) is 4.98 Å². The van der Waals surface area contributed by atoms with Crippen molar-refractivity contribution >= 4 is 17.0 Å². The van der Waals surface area contributed by atoms with Crippen LogP contribution in [0.5, 0.6) is 0 Å². The van der Waals surface area contributed by atoms with Crippen LogP contribution in [0.3, 0.4) is 0 Å². The summed E-state index contributed by atoms with van der Waals surface area (Å²) in [5.74, 6) is -0.401. The highest BCUT2D eigenvalue weighted by Crippen LogP contribution is 2.14. The minimum Gasteiger partial charge on any atom is -0.385 e. The number of thiazole rings is 1. The Labute approximate surface area is 109 Å². The Kier molecular flexibility index (Phi) is 3.90. The van der Waals surface area contributed by atoms with E-state index in [1.54, 1.807) is 17.4 Å². The van der Waals surface area contributed by atoms with Crippen LogP contribution in [-0.2, 0) is 6.42 Å². The summed E-state index contributed by atoms with van der Waals surface area (Å²) in [6, 6.07) is 6.16. The second-order valence-corrected chi connectivity index (χ2v) is 4.84. The summed E-state index contributed by atoms with van der Waals surface area (Å²) in [6.07, 6.45) is 0.789. The molecule has 18 heavy (non-hydrogen) atoms. The van der Waals surface area contributed by atoms with Gasteiger partial charge in [-0.1, -0.05) is 0 Å². The predicted molar refractivity (Wildman–Crippen MR) is 70.2 cm³/mol. The maximum absolute atomic E-state index is 13.2. The second-order valence-electron chi connectivity index (χ2n) is 3.90. The number of halogens is 1. The molecule has 5 heteroatoms. The topological polar surface area (TPSA) is 48.7 Å². The molecule has 0 saturated carbocycles. The first-order valence-electron chi connectivity index (χ1n) is 5.53. The van der Waals surface area contributed by atoms with Gasteiger partial charge < -0.3 is 5.32 Å². The molecule has 1 heterocycles. The van der Waals surface area contributed by atoms with E-state index in [0.29, 0.717) is 17.8 Å². The van der Waals surface area contributed by atoms with Crippen molar-refractivity contribution in [2.24, 2.45) is 0 Å². The molecule has 0 unspecified atom stereocenters. The fourth-order valence-corrected chi connectivity index (χ4v) is 2.36. The highest BCUT2D eigenvalue weighted by atomic mass is 32.1. The molecule has 2 aromatic rings. The number of anilines is 1. The Morgan fingerprint density at radius 1 is 1.44 bits per heavy atom. The van der Waals surface area contributed by atoms with E-state index in [0.717, 1.165) is 17.1 Å². The van der Waals surface area contributed by atoms with E-state index in [9.17, 15) is 4.39 Å². The monoisotopic (exact) mass is 261 g/mol. The molecular formula is C13H12FN3S. The van der Waals surface area contributed by atoms with E-state index in [-0.39, 0.29) is 0 Å². The molecule has 0 bridgehead atoms. The van der Waals surface area contributed by atoms with Crippen molar-refractivity contribution in [1.29, 1.82) is 5.26 Å². The van der Waals surface area contributed by atoms with Gasteiger partial charge in [0, 0.05) is 29.7 Å². The lowest BCUT2D eigenvalue weighted by atomic mass is 10.2. The standard InChI is InChI=1S/C13H12FN3S/c1-9-8-18-13(17-9)2-3-16-12-5-10(7-15)4-11(14)6-12/h4-6,8,16H,2-3H2,1H3. The van der Waals surface area contributed by atoms with E-state index >= 15 is 0 Å². The van der Waals surface area contributed by atoms with Crippen molar-refractivity contribution in [2.75, 3.05) is 11.9 Å². The SMILES string of the molecule is Cc1csc(CCNc2cc(F)cc(C#N)c2)n1. The molecule has 0 aliphatic heterocycles. The van der Waals surface area contributed by atoms with Crippen molar-refractivity contribution in [3.05, 3.63) is 45.7 Å². The van der Waals surface area contributed by atoms with E-state index in [1.807, 2.05) is 18.4 Å². The van der Waals surface area contributed by atoms with Gasteiger partial charge in [-0.25, -0.2) is 9.37 Å². The van der Waals surface area contributed by atoms with Gasteiger partial charge in [0.1, 0.15) is 5.82 Å². The van der Waals surface area contributed by atoms with Gasteiger partial charge in [-0.05, 0) is 25.1 Å². The van der Waals surface area contributed by atoms with Crippen molar-refractivity contribution in [3.63, 3.8) is 0 Å². The lowest BCUT2D eigenvalue weighted by Gasteiger charge is -2.05. The van der Waals surface area contributed by atoms with Crippen molar-refractivity contribution < 1.29 is 4.39 Å². The van der Waals surface area contributed by atoms with Gasteiger partial charge in [0.25, 0.3) is 0 Å². The Morgan fingerprint density at radius 2 is 2.28 bits per heavy atom. The third kappa shape index (κ3) is 3.28. The number of aromatic nitrogens is 1. The van der Waals surface area contributed by atoms with E-state index in [1.165, 1.54) is 12.1 Å². The number of benzene rings is 1. The van der Waals surface area contributed by atoms with Crippen molar-refractivity contribution in [2.45, 2.75) is 13.3 Å². The molecule has 0 saturated heterocycles. The zero-order valence-corrected chi connectivity index (χ0v) is 10.7. The number of aryl methyl sites for hydroxylation is 1. The van der Waals surface area contributed by atoms with E-state index < -0.39 is 5.82 Å². The molecule has 0 aliphatic rings. The first-order valence-corrected chi connectivity index (χ1v) is 6.41. The molecule has 0 aliphatic carbocycles. The van der Waals surface area contributed by atoms with Crippen LogP contribution in [-0.4, -0.2) is 11.5 Å². The summed E-state index contributed by atoms with van der Waals surface area (Å²) < 4.78 is 13.2. The summed E-state index contributed by atoms with van der Waals surface area (Å²) in [5, 5.41) is 14.9. The number of nitrogens with one attached hydrogen (secondary N) is 1. The highest BCUT2D eigenvalue weighted by molar-refractivity contribution is 7.09. The number of hydrogen-bond donors (Lipinski definition) is 1. The molecule has 1 aromatic heterocycles. The normalized spacial score (nSPS) is 10.1. The molecule has 1 aromatic carbocycles. The average molecular weight is 261 g/mol. The van der Waals surface area contributed by atoms with Crippen LogP contribution in [0.25, 0.3) is 0 Å². The van der Waals surface area contributed by atoms with Gasteiger partial charge in [-0.3, -0.25) is 0 Å². The van der Waals surface area contributed by atoms with Crippen LogP contribution >= 0.6 is 11.3 Å². The fraction of sp³-hybridized carbons (Fsp3) is 0.231. The molecule has 0 amide bonds. The number of nitriles is 1. The zero-order chi connectivity index (χ0) is 13.0. The Balaban J connectivity index is 1.94. The number of rotatable bonds is 4. The molecule has 0 spiro atoms. The van der Waals surface area contributed by atoms with Crippen LogP contribution in [0.15, 0.2) is 23.6 Å². The third-order valence-electron chi connectivity index (χ3n) is 2.36. The second kappa shape index (κ2) is 5.61. The van der Waals surface area contributed by atoms with E-state index in [2.05, 4.69) is 10.3 Å². The molecule has 3 nitrogen and oxygen atoms in total. The summed E-state index contributed by atoms with van der Waals surface area (Å²) in [6.45, 7) is 2.63. The Hall–Kier alpha value is -1.93. The molecule has 92 valence electrons. The summed E-state index contributed by atoms with van der Waals surface area (Å²) in [7, 11) is 0. The minimum atomic E-state index is -0.401. The van der Waals surface area contributed by atoms with E-state index in [4.69, 9.17) is 5.26 Å². The Morgan fingerprint density at radius 3 is 2.94 bits per heavy atom. The number of hydrogen-bond acceptors (Lipinski definition) is 4. The minimum absolute atomic E-state index is 0.322. The van der Waals surface area contributed by atoms with Crippen LogP contribution in [0.4, 0.5) is 10.1 Å². The largest absolute Gasteiger partial charge is 0.385 e. The maximum Gasteiger partial charge on any atom is 0.126 e. The molecule has 2 rings (SSSR count). The molecule has 0 atom stereocenters. The van der Waals surface area contributed by atoms with Gasteiger partial charge in [0.15, 0.2) is 0 Å². The fourth-order valence-electron chi connectivity index (χ4n) is 1.59. The molecule has 0 radical (unpaired) electrons. The van der Waals surface area contributed by atoms with Gasteiger partial charge >= 0.3 is 0 Å². The van der Waals surface area contributed by atoms with Crippen LogP contribution in [0.1, 0.15) is 16.3 Å². The molecule has 1 N–H and O–H groups in total. The summed E-state index contributed by atoms with van der Waals surface area (Å²) >= 11 is 1.62. The predicted octanol–water partition coefficient (Wildman–Crippen LogP) is 3.12. The maximum atomic E-state index is 13.2. The Bertz CT molecular complexity index is 586. The summed E-state index contributed by atoms with van der Waals surface area (Å²) in [4.78, 5) is 4.35. The lowest BCUT2D eigenvalue weighted by molar-refractivity contribution is 0.627. The van der Waals surface area contributed by atoms with Gasteiger partial charge in [0.05, 0.1) is 16.6 Å². The zero-order valence-electron chi connectivity index (χ0n) is 9.90. The summed E-state index contributed by atoms with van der Waals surface area (Å²) in [5.41, 5.74) is 1.97. The van der Waals surface area contributed by atoms with Crippen LogP contribution in [0, 0.1) is 24.1 Å².